The summed E-state index contributed by atoms with van der Waals surface area (Å²) in [5.41, 5.74) is 3.35. The largest absolute Gasteiger partial charge is 0.332 e. The number of nitrogens with zero attached hydrogens (tertiary/aromatic N) is 1. The number of benzene rings is 2. The van der Waals surface area contributed by atoms with E-state index >= 15 is 0 Å². The van der Waals surface area contributed by atoms with Gasteiger partial charge in [-0.15, -0.1) is 0 Å². The number of hydrogen-bond donors (Lipinski definition) is 1. The van der Waals surface area contributed by atoms with Gasteiger partial charge >= 0.3 is 0 Å². The lowest BCUT2D eigenvalue weighted by atomic mass is 10.2. The summed E-state index contributed by atoms with van der Waals surface area (Å²) in [6.07, 6.45) is 0. The molecular formula is C16H18N2S. The average molecular weight is 270 g/mol. The van der Waals surface area contributed by atoms with Crippen LogP contribution in [0.4, 0.5) is 11.4 Å². The quantitative estimate of drug-likeness (QED) is 0.841. The Hall–Kier alpha value is -1.87. The molecule has 0 aliphatic heterocycles. The first-order valence-electron chi connectivity index (χ1n) is 6.41. The lowest BCUT2D eigenvalue weighted by Crippen LogP contribution is -2.34. The number of anilines is 2. The molecule has 0 spiro atoms. The lowest BCUT2D eigenvalue weighted by molar-refractivity contribution is 1.07. The zero-order chi connectivity index (χ0) is 13.7. The average Bonchev–Trinajstić information content (AvgIpc) is 2.43. The van der Waals surface area contributed by atoms with Gasteiger partial charge in [-0.1, -0.05) is 36.4 Å². The molecule has 2 aromatic rings. The summed E-state index contributed by atoms with van der Waals surface area (Å²) in [5.74, 6) is 0. The van der Waals surface area contributed by atoms with Crippen molar-refractivity contribution in [2.75, 3.05) is 16.8 Å². The van der Waals surface area contributed by atoms with E-state index in [2.05, 4.69) is 42.3 Å². The number of hydrogen-bond acceptors (Lipinski definition) is 1. The number of aryl methyl sites for hydroxylation is 1. The van der Waals surface area contributed by atoms with Gasteiger partial charge in [0.1, 0.15) is 0 Å². The SMILES string of the molecule is CCN(C(=S)Nc1ccccc1C)c1ccccc1. The molecule has 19 heavy (non-hydrogen) atoms. The third-order valence-corrected chi connectivity index (χ3v) is 3.34. The Morgan fingerprint density at radius 3 is 2.32 bits per heavy atom. The van der Waals surface area contributed by atoms with E-state index < -0.39 is 0 Å². The van der Waals surface area contributed by atoms with E-state index in [1.807, 2.05) is 36.4 Å². The number of nitrogens with one attached hydrogen (secondary N) is 1. The van der Waals surface area contributed by atoms with Crippen LogP contribution in [0.25, 0.3) is 0 Å². The van der Waals surface area contributed by atoms with E-state index in [1.165, 1.54) is 5.56 Å². The first-order valence-corrected chi connectivity index (χ1v) is 6.82. The number of thiocarbonyl (C=S) groups is 1. The van der Waals surface area contributed by atoms with Crippen LogP contribution in [-0.4, -0.2) is 11.7 Å². The molecular weight excluding hydrogens is 252 g/mol. The van der Waals surface area contributed by atoms with Crippen LogP contribution in [0.2, 0.25) is 0 Å². The van der Waals surface area contributed by atoms with E-state index in [9.17, 15) is 0 Å². The minimum Gasteiger partial charge on any atom is -0.332 e. The minimum absolute atomic E-state index is 0.725. The molecule has 0 unspecified atom stereocenters. The molecule has 0 radical (unpaired) electrons. The van der Waals surface area contributed by atoms with Crippen LogP contribution in [0.15, 0.2) is 54.6 Å². The molecule has 98 valence electrons. The summed E-state index contributed by atoms with van der Waals surface area (Å²) in [7, 11) is 0. The molecule has 0 fully saturated rings. The van der Waals surface area contributed by atoms with Crippen LogP contribution in [-0.2, 0) is 0 Å². The van der Waals surface area contributed by atoms with Gasteiger partial charge in [0, 0.05) is 17.9 Å². The molecule has 0 saturated carbocycles. The highest BCUT2D eigenvalue weighted by atomic mass is 32.1. The van der Waals surface area contributed by atoms with E-state index in [0.717, 1.165) is 23.0 Å². The van der Waals surface area contributed by atoms with Gasteiger partial charge in [-0.3, -0.25) is 0 Å². The smallest absolute Gasteiger partial charge is 0.177 e. The second-order valence-corrected chi connectivity index (χ2v) is 4.71. The van der Waals surface area contributed by atoms with Crippen molar-refractivity contribution < 1.29 is 0 Å². The van der Waals surface area contributed by atoms with Gasteiger partial charge < -0.3 is 10.2 Å². The van der Waals surface area contributed by atoms with Crippen molar-refractivity contribution in [1.82, 2.24) is 0 Å². The van der Waals surface area contributed by atoms with Crippen molar-refractivity contribution >= 4 is 28.7 Å². The highest BCUT2D eigenvalue weighted by molar-refractivity contribution is 7.80. The maximum Gasteiger partial charge on any atom is 0.177 e. The van der Waals surface area contributed by atoms with Crippen LogP contribution in [0.3, 0.4) is 0 Å². The predicted octanol–water partition coefficient (Wildman–Crippen LogP) is 4.22. The van der Waals surface area contributed by atoms with Gasteiger partial charge in [-0.2, -0.15) is 0 Å². The molecule has 0 aromatic heterocycles. The van der Waals surface area contributed by atoms with E-state index in [0.29, 0.717) is 0 Å². The molecule has 3 heteroatoms. The minimum atomic E-state index is 0.725. The number of para-hydroxylation sites is 2. The molecule has 0 amide bonds. The Kier molecular flexibility index (Phi) is 4.53. The molecule has 0 aliphatic carbocycles. The molecule has 2 rings (SSSR count). The van der Waals surface area contributed by atoms with Crippen molar-refractivity contribution in [3.05, 3.63) is 60.2 Å². The first kappa shape index (κ1) is 13.6. The molecule has 0 bridgehead atoms. The summed E-state index contributed by atoms with van der Waals surface area (Å²) < 4.78 is 0. The third kappa shape index (κ3) is 3.32. The van der Waals surface area contributed by atoms with Crippen LogP contribution >= 0.6 is 12.2 Å². The maximum atomic E-state index is 5.51. The lowest BCUT2D eigenvalue weighted by Gasteiger charge is -2.25. The van der Waals surface area contributed by atoms with Crippen molar-refractivity contribution in [1.29, 1.82) is 0 Å². The molecule has 1 N–H and O–H groups in total. The van der Waals surface area contributed by atoms with Gasteiger partial charge in [0.05, 0.1) is 0 Å². The zero-order valence-corrected chi connectivity index (χ0v) is 12.1. The highest BCUT2D eigenvalue weighted by Gasteiger charge is 2.10. The molecule has 0 saturated heterocycles. The van der Waals surface area contributed by atoms with Crippen molar-refractivity contribution in [2.24, 2.45) is 0 Å². The van der Waals surface area contributed by atoms with Crippen LogP contribution in [0.1, 0.15) is 12.5 Å². The fraction of sp³-hybridized carbons (Fsp3) is 0.188. The zero-order valence-electron chi connectivity index (χ0n) is 11.3. The first-order chi connectivity index (χ1) is 9.22. The van der Waals surface area contributed by atoms with E-state index in [-0.39, 0.29) is 0 Å². The maximum absolute atomic E-state index is 5.51. The Morgan fingerprint density at radius 1 is 1.05 bits per heavy atom. The van der Waals surface area contributed by atoms with Gasteiger partial charge in [0.25, 0.3) is 0 Å². The molecule has 0 aliphatic rings. The van der Waals surface area contributed by atoms with E-state index in [4.69, 9.17) is 12.2 Å². The normalized spacial score (nSPS) is 10.0. The van der Waals surface area contributed by atoms with Gasteiger partial charge in [0.15, 0.2) is 5.11 Å². The summed E-state index contributed by atoms with van der Waals surface area (Å²) in [5, 5.41) is 4.04. The van der Waals surface area contributed by atoms with Gasteiger partial charge in [-0.25, -0.2) is 0 Å². The van der Waals surface area contributed by atoms with Gasteiger partial charge in [-0.05, 0) is 49.8 Å². The number of rotatable bonds is 3. The van der Waals surface area contributed by atoms with Crippen LogP contribution in [0, 0.1) is 6.92 Å². The Labute approximate surface area is 120 Å². The van der Waals surface area contributed by atoms with Crippen molar-refractivity contribution in [3.63, 3.8) is 0 Å². The molecule has 0 heterocycles. The molecule has 0 atom stereocenters. The Bertz CT molecular complexity index is 552. The topological polar surface area (TPSA) is 15.3 Å². The summed E-state index contributed by atoms with van der Waals surface area (Å²) in [4.78, 5) is 2.09. The van der Waals surface area contributed by atoms with E-state index in [1.54, 1.807) is 0 Å². The van der Waals surface area contributed by atoms with Crippen LogP contribution in [0.5, 0.6) is 0 Å². The second-order valence-electron chi connectivity index (χ2n) is 4.32. The second kappa shape index (κ2) is 6.34. The predicted molar refractivity (Wildman–Crippen MR) is 86.9 cm³/mol. The Morgan fingerprint density at radius 2 is 1.68 bits per heavy atom. The van der Waals surface area contributed by atoms with Crippen molar-refractivity contribution in [3.8, 4) is 0 Å². The van der Waals surface area contributed by atoms with Crippen molar-refractivity contribution in [2.45, 2.75) is 13.8 Å². The summed E-state index contributed by atoms with van der Waals surface area (Å²) in [6, 6.07) is 18.3. The summed E-state index contributed by atoms with van der Waals surface area (Å²) >= 11 is 5.51. The van der Waals surface area contributed by atoms with Gasteiger partial charge in [0.2, 0.25) is 0 Å². The monoisotopic (exact) mass is 270 g/mol. The standard InChI is InChI=1S/C16H18N2S/c1-3-18(14-10-5-4-6-11-14)16(19)17-15-12-8-7-9-13(15)2/h4-12H,3H2,1-2H3,(H,17,19). The van der Waals surface area contributed by atoms with Crippen LogP contribution < -0.4 is 10.2 Å². The fourth-order valence-electron chi connectivity index (χ4n) is 1.95. The Balaban J connectivity index is 2.17. The fourth-order valence-corrected chi connectivity index (χ4v) is 2.29. The summed E-state index contributed by atoms with van der Waals surface area (Å²) in [6.45, 7) is 5.00. The molecule has 2 aromatic carbocycles. The third-order valence-electron chi connectivity index (χ3n) is 3.02. The molecule has 2 nitrogen and oxygen atoms in total. The highest BCUT2D eigenvalue weighted by Crippen LogP contribution is 2.17.